The number of halogens is 1. The quantitative estimate of drug-likeness (QED) is 0.762. The van der Waals surface area contributed by atoms with Crippen LogP contribution in [0.1, 0.15) is 17.3 Å². The van der Waals surface area contributed by atoms with Gasteiger partial charge in [0.15, 0.2) is 0 Å². The minimum absolute atomic E-state index is 0.146. The Bertz CT molecular complexity index is 839. The molecule has 1 aliphatic heterocycles. The third-order valence-electron chi connectivity index (χ3n) is 4.64. The second-order valence-corrected chi connectivity index (χ2v) is 6.30. The number of rotatable bonds is 2. The van der Waals surface area contributed by atoms with E-state index in [4.69, 9.17) is 0 Å². The predicted octanol–water partition coefficient (Wildman–Crippen LogP) is 3.77. The highest BCUT2D eigenvalue weighted by atomic mass is 19.1. The number of carbonyl (C=O) groups is 1. The van der Waals surface area contributed by atoms with Crippen molar-refractivity contribution >= 4 is 16.8 Å². The van der Waals surface area contributed by atoms with Gasteiger partial charge in [0, 0.05) is 43.5 Å². The molecule has 4 nitrogen and oxygen atoms in total. The molecule has 1 aromatic heterocycles. The van der Waals surface area contributed by atoms with Gasteiger partial charge in [0.1, 0.15) is 5.82 Å². The van der Waals surface area contributed by atoms with Crippen LogP contribution < -0.4 is 0 Å². The van der Waals surface area contributed by atoms with Crippen molar-refractivity contribution < 1.29 is 9.18 Å². The smallest absolute Gasteiger partial charge is 0.254 e. The van der Waals surface area contributed by atoms with E-state index in [1.165, 1.54) is 12.1 Å². The Morgan fingerprint density at radius 2 is 1.77 bits per heavy atom. The average molecular weight is 353 g/mol. The van der Waals surface area contributed by atoms with Crippen molar-refractivity contribution in [1.82, 2.24) is 14.8 Å². The zero-order valence-corrected chi connectivity index (χ0v) is 15.0. The number of piperazine rings is 1. The van der Waals surface area contributed by atoms with Crippen LogP contribution in [0.3, 0.4) is 0 Å². The van der Waals surface area contributed by atoms with Crippen molar-refractivity contribution in [1.29, 1.82) is 0 Å². The second kappa shape index (κ2) is 8.63. The first-order chi connectivity index (χ1) is 12.7. The van der Waals surface area contributed by atoms with Crippen molar-refractivity contribution in [2.75, 3.05) is 32.7 Å². The summed E-state index contributed by atoms with van der Waals surface area (Å²) >= 11 is 0. The van der Waals surface area contributed by atoms with Gasteiger partial charge in [-0.15, -0.1) is 0 Å². The number of fused-ring (bicyclic) bond motifs is 1. The molecule has 0 saturated carbocycles. The second-order valence-electron chi connectivity index (χ2n) is 6.30. The molecule has 0 spiro atoms. The van der Waals surface area contributed by atoms with Crippen LogP contribution in [-0.2, 0) is 0 Å². The number of nitrogens with one attached hydrogen (secondary N) is 1. The zero-order valence-electron chi connectivity index (χ0n) is 15.0. The Morgan fingerprint density at radius 1 is 1.04 bits per heavy atom. The van der Waals surface area contributed by atoms with E-state index in [0.29, 0.717) is 0 Å². The number of benzene rings is 2. The number of carbonyl (C=O) groups excluding carboxylic acids is 1. The number of aromatic nitrogens is 1. The number of likely N-dealkylation sites (N-methyl/N-ethyl adjacent to an activating group) is 1. The Balaban J connectivity index is 0.000000236. The van der Waals surface area contributed by atoms with Crippen LogP contribution >= 0.6 is 0 Å². The van der Waals surface area contributed by atoms with Crippen LogP contribution in [0.25, 0.3) is 10.9 Å². The number of aromatic amines is 1. The molecule has 2 aromatic carbocycles. The summed E-state index contributed by atoms with van der Waals surface area (Å²) in [5, 5.41) is 1.15. The normalized spacial score (nSPS) is 14.8. The summed E-state index contributed by atoms with van der Waals surface area (Å²) in [4.78, 5) is 19.9. The molecule has 136 valence electrons. The average Bonchev–Trinajstić information content (AvgIpc) is 3.16. The Morgan fingerprint density at radius 3 is 2.38 bits per heavy atom. The number of amides is 1. The summed E-state index contributed by atoms with van der Waals surface area (Å²) in [7, 11) is 0. The molecule has 1 amide bonds. The lowest BCUT2D eigenvalue weighted by atomic mass is 10.1. The van der Waals surface area contributed by atoms with Crippen LogP contribution in [-0.4, -0.2) is 53.4 Å². The molecule has 5 heteroatoms. The third kappa shape index (κ3) is 4.49. The Hall–Kier alpha value is -2.66. The summed E-state index contributed by atoms with van der Waals surface area (Å²) in [5.74, 6) is -0.0326. The molecular formula is C21H24FN3O. The van der Waals surface area contributed by atoms with Gasteiger partial charge in [0.2, 0.25) is 0 Å². The molecule has 2 heterocycles. The van der Waals surface area contributed by atoms with Crippen molar-refractivity contribution in [3.63, 3.8) is 0 Å². The molecular weight excluding hydrogens is 329 g/mol. The molecule has 1 saturated heterocycles. The van der Waals surface area contributed by atoms with Crippen LogP contribution in [0, 0.1) is 5.82 Å². The van der Waals surface area contributed by atoms with E-state index in [9.17, 15) is 9.18 Å². The molecule has 0 radical (unpaired) electrons. The predicted molar refractivity (Wildman–Crippen MR) is 103 cm³/mol. The minimum Gasteiger partial charge on any atom is -0.361 e. The third-order valence-corrected chi connectivity index (χ3v) is 4.64. The van der Waals surface area contributed by atoms with Crippen LogP contribution in [0.2, 0.25) is 0 Å². The molecule has 26 heavy (non-hydrogen) atoms. The van der Waals surface area contributed by atoms with Crippen molar-refractivity contribution in [2.45, 2.75) is 6.92 Å². The minimum atomic E-state index is -0.178. The standard InChI is InChI=1S/C15H19N3O.C6H5F/c1-2-17-7-9-18(10-8-17)15(19)13-4-3-12-5-6-16-14(12)11-13;7-6-4-2-1-3-5-6/h3-6,11,16H,2,7-10H2,1H3;1-5H. The zero-order chi connectivity index (χ0) is 18.4. The van der Waals surface area contributed by atoms with Gasteiger partial charge in [-0.25, -0.2) is 4.39 Å². The summed E-state index contributed by atoms with van der Waals surface area (Å²) < 4.78 is 11.9. The number of nitrogens with zero attached hydrogens (tertiary/aromatic N) is 2. The monoisotopic (exact) mass is 353 g/mol. The number of hydrogen-bond donors (Lipinski definition) is 1. The van der Waals surface area contributed by atoms with Gasteiger partial charge in [-0.1, -0.05) is 31.2 Å². The molecule has 4 rings (SSSR count). The van der Waals surface area contributed by atoms with E-state index >= 15 is 0 Å². The maximum Gasteiger partial charge on any atom is 0.254 e. The van der Waals surface area contributed by atoms with Gasteiger partial charge in [-0.2, -0.15) is 0 Å². The van der Waals surface area contributed by atoms with E-state index in [1.54, 1.807) is 18.2 Å². The van der Waals surface area contributed by atoms with Crippen molar-refractivity contribution in [2.24, 2.45) is 0 Å². The lowest BCUT2D eigenvalue weighted by Gasteiger charge is -2.34. The molecule has 0 aliphatic carbocycles. The SMILES string of the molecule is CCN1CCN(C(=O)c2ccc3cc[nH]c3c2)CC1.Fc1ccccc1. The maximum atomic E-state index is 12.5. The number of H-pyrrole nitrogens is 1. The highest BCUT2D eigenvalue weighted by Gasteiger charge is 2.21. The summed E-state index contributed by atoms with van der Waals surface area (Å²) in [6, 6.07) is 15.8. The van der Waals surface area contributed by atoms with Crippen molar-refractivity contribution in [3.05, 3.63) is 72.2 Å². The fourth-order valence-electron chi connectivity index (χ4n) is 3.05. The Labute approximate surface area is 153 Å². The molecule has 1 aliphatic rings. The van der Waals surface area contributed by atoms with Crippen molar-refractivity contribution in [3.8, 4) is 0 Å². The summed E-state index contributed by atoms with van der Waals surface area (Å²) in [6.07, 6.45) is 1.90. The van der Waals surface area contributed by atoms with E-state index in [2.05, 4.69) is 16.8 Å². The lowest BCUT2D eigenvalue weighted by Crippen LogP contribution is -2.48. The first kappa shape index (κ1) is 18.1. The highest BCUT2D eigenvalue weighted by molar-refractivity contribution is 5.98. The van der Waals surface area contributed by atoms with Gasteiger partial charge < -0.3 is 14.8 Å². The van der Waals surface area contributed by atoms with Crippen LogP contribution in [0.15, 0.2) is 60.8 Å². The largest absolute Gasteiger partial charge is 0.361 e. The molecule has 0 atom stereocenters. The lowest BCUT2D eigenvalue weighted by molar-refractivity contribution is 0.0643. The van der Waals surface area contributed by atoms with Crippen LogP contribution in [0.4, 0.5) is 4.39 Å². The van der Waals surface area contributed by atoms with Gasteiger partial charge >= 0.3 is 0 Å². The first-order valence-corrected chi connectivity index (χ1v) is 8.96. The summed E-state index contributed by atoms with van der Waals surface area (Å²) in [6.45, 7) is 6.85. The van der Waals surface area contributed by atoms with Gasteiger partial charge in [-0.05, 0) is 42.3 Å². The molecule has 3 aromatic rings. The van der Waals surface area contributed by atoms with Gasteiger partial charge in [0.25, 0.3) is 5.91 Å². The molecule has 1 N–H and O–H groups in total. The van der Waals surface area contributed by atoms with E-state index in [0.717, 1.165) is 49.2 Å². The summed E-state index contributed by atoms with van der Waals surface area (Å²) in [5.41, 5.74) is 1.80. The molecule has 0 unspecified atom stereocenters. The fourth-order valence-corrected chi connectivity index (χ4v) is 3.05. The maximum absolute atomic E-state index is 12.5. The van der Waals surface area contributed by atoms with E-state index in [-0.39, 0.29) is 11.7 Å². The number of hydrogen-bond acceptors (Lipinski definition) is 2. The van der Waals surface area contributed by atoms with E-state index in [1.807, 2.05) is 35.4 Å². The molecule has 1 fully saturated rings. The van der Waals surface area contributed by atoms with Gasteiger partial charge in [0.05, 0.1) is 0 Å². The van der Waals surface area contributed by atoms with Gasteiger partial charge in [-0.3, -0.25) is 4.79 Å². The Kier molecular flexibility index (Phi) is 6.02. The first-order valence-electron chi connectivity index (χ1n) is 8.96. The van der Waals surface area contributed by atoms with Crippen LogP contribution in [0.5, 0.6) is 0 Å². The highest BCUT2D eigenvalue weighted by Crippen LogP contribution is 2.16. The topological polar surface area (TPSA) is 39.3 Å². The molecule has 0 bridgehead atoms. The van der Waals surface area contributed by atoms with E-state index < -0.39 is 0 Å². The fraction of sp³-hybridized carbons (Fsp3) is 0.286.